The molecule has 0 aromatic heterocycles. The molecule has 0 saturated carbocycles. The average molecular weight is 383 g/mol. The molecule has 28 heavy (non-hydrogen) atoms. The van der Waals surface area contributed by atoms with E-state index in [0.717, 1.165) is 16.3 Å². The number of carbonyl (C=O) groups excluding carboxylic acids is 2. The largest absolute Gasteiger partial charge is 0.464 e. The van der Waals surface area contributed by atoms with Crippen LogP contribution in [0, 0.1) is 0 Å². The Hall–Kier alpha value is -2.82. The molecule has 0 aliphatic heterocycles. The fourth-order valence-electron chi connectivity index (χ4n) is 3.07. The van der Waals surface area contributed by atoms with Crippen molar-refractivity contribution in [2.75, 3.05) is 6.61 Å². The van der Waals surface area contributed by atoms with Gasteiger partial charge in [0.1, 0.15) is 11.6 Å². The Morgan fingerprint density at radius 3 is 2.43 bits per heavy atom. The Balaban J connectivity index is 2.39. The van der Waals surface area contributed by atoms with Gasteiger partial charge in [-0.1, -0.05) is 48.5 Å². The van der Waals surface area contributed by atoms with E-state index >= 15 is 0 Å². The molecule has 5 heteroatoms. The summed E-state index contributed by atoms with van der Waals surface area (Å²) < 4.78 is 10.6. The standard InChI is InChI=1S/C23H29NO4/c1-6-10-19(18-14-13-16-11-8-9-12-17(16)15-18)20(21(25)27-7-2)24-22(26)28-23(3,4)5/h6,8-9,11-15,19-20H,1,7,10H2,2-5H3,(H,24,26). The van der Waals surface area contributed by atoms with Gasteiger partial charge in [0.2, 0.25) is 0 Å². The molecular weight excluding hydrogens is 354 g/mol. The van der Waals surface area contributed by atoms with Gasteiger partial charge in [-0.3, -0.25) is 0 Å². The summed E-state index contributed by atoms with van der Waals surface area (Å²) in [7, 11) is 0. The summed E-state index contributed by atoms with van der Waals surface area (Å²) in [5, 5.41) is 4.88. The summed E-state index contributed by atoms with van der Waals surface area (Å²) in [6.07, 6.45) is 1.58. The summed E-state index contributed by atoms with van der Waals surface area (Å²) in [6, 6.07) is 13.1. The van der Waals surface area contributed by atoms with Gasteiger partial charge >= 0.3 is 12.1 Å². The summed E-state index contributed by atoms with van der Waals surface area (Å²) in [4.78, 5) is 25.0. The van der Waals surface area contributed by atoms with E-state index in [9.17, 15) is 9.59 Å². The van der Waals surface area contributed by atoms with Crippen LogP contribution >= 0.6 is 0 Å². The molecule has 2 aromatic rings. The summed E-state index contributed by atoms with van der Waals surface area (Å²) in [6.45, 7) is 11.1. The van der Waals surface area contributed by atoms with Crippen LogP contribution in [0.4, 0.5) is 4.79 Å². The number of fused-ring (bicyclic) bond motifs is 1. The number of nitrogens with one attached hydrogen (secondary N) is 1. The molecule has 0 radical (unpaired) electrons. The summed E-state index contributed by atoms with van der Waals surface area (Å²) in [5.41, 5.74) is 0.257. The number of amides is 1. The molecule has 0 aliphatic carbocycles. The van der Waals surface area contributed by atoms with Crippen LogP contribution in [-0.2, 0) is 14.3 Å². The van der Waals surface area contributed by atoms with E-state index < -0.39 is 23.7 Å². The molecular formula is C23H29NO4. The predicted octanol–water partition coefficient (Wildman–Crippen LogP) is 4.96. The van der Waals surface area contributed by atoms with Gasteiger partial charge < -0.3 is 14.8 Å². The molecule has 0 aliphatic rings. The van der Waals surface area contributed by atoms with Crippen molar-refractivity contribution >= 4 is 22.8 Å². The maximum absolute atomic E-state index is 12.7. The first-order valence-electron chi connectivity index (χ1n) is 9.51. The van der Waals surface area contributed by atoms with Crippen molar-refractivity contribution in [1.82, 2.24) is 5.32 Å². The van der Waals surface area contributed by atoms with Crippen LogP contribution in [-0.4, -0.2) is 30.3 Å². The van der Waals surface area contributed by atoms with Crippen LogP contribution in [0.3, 0.4) is 0 Å². The van der Waals surface area contributed by atoms with Gasteiger partial charge in [-0.2, -0.15) is 0 Å². The third kappa shape index (κ3) is 5.84. The van der Waals surface area contributed by atoms with E-state index in [2.05, 4.69) is 11.9 Å². The number of alkyl carbamates (subject to hydrolysis) is 1. The molecule has 0 bridgehead atoms. The predicted molar refractivity (Wildman–Crippen MR) is 111 cm³/mol. The molecule has 0 spiro atoms. The highest BCUT2D eigenvalue weighted by atomic mass is 16.6. The fraction of sp³-hybridized carbons (Fsp3) is 0.391. The molecule has 5 nitrogen and oxygen atoms in total. The fourth-order valence-corrected chi connectivity index (χ4v) is 3.07. The minimum Gasteiger partial charge on any atom is -0.464 e. The van der Waals surface area contributed by atoms with Crippen LogP contribution in [0.15, 0.2) is 55.1 Å². The molecule has 2 atom stereocenters. The number of hydrogen-bond acceptors (Lipinski definition) is 4. The van der Waals surface area contributed by atoms with Gasteiger partial charge in [-0.25, -0.2) is 9.59 Å². The second-order valence-corrected chi connectivity index (χ2v) is 7.61. The van der Waals surface area contributed by atoms with E-state index in [1.54, 1.807) is 33.8 Å². The zero-order chi connectivity index (χ0) is 20.7. The Morgan fingerprint density at radius 1 is 1.14 bits per heavy atom. The summed E-state index contributed by atoms with van der Waals surface area (Å²) in [5.74, 6) is -0.818. The molecule has 1 amide bonds. The second-order valence-electron chi connectivity index (χ2n) is 7.61. The molecule has 0 fully saturated rings. The van der Waals surface area contributed by atoms with Crippen molar-refractivity contribution in [2.45, 2.75) is 51.7 Å². The van der Waals surface area contributed by atoms with E-state index in [1.165, 1.54) is 0 Å². The normalized spacial score (nSPS) is 13.4. The zero-order valence-electron chi connectivity index (χ0n) is 17.0. The Bertz CT molecular complexity index is 838. The SMILES string of the molecule is C=CCC(c1ccc2ccccc2c1)C(NC(=O)OC(C)(C)C)C(=O)OCC. The highest BCUT2D eigenvalue weighted by molar-refractivity contribution is 5.85. The molecule has 2 unspecified atom stereocenters. The molecule has 150 valence electrons. The molecule has 0 saturated heterocycles. The van der Waals surface area contributed by atoms with Gasteiger partial charge in [0.05, 0.1) is 6.61 Å². The molecule has 0 heterocycles. The monoisotopic (exact) mass is 383 g/mol. The minimum atomic E-state index is -0.881. The zero-order valence-corrected chi connectivity index (χ0v) is 17.0. The van der Waals surface area contributed by atoms with E-state index in [0.29, 0.717) is 6.42 Å². The number of hydrogen-bond donors (Lipinski definition) is 1. The van der Waals surface area contributed by atoms with Gasteiger partial charge in [0.25, 0.3) is 0 Å². The Labute approximate surface area is 166 Å². The number of esters is 1. The van der Waals surface area contributed by atoms with Crippen molar-refractivity contribution in [2.24, 2.45) is 0 Å². The molecule has 1 N–H and O–H groups in total. The lowest BCUT2D eigenvalue weighted by molar-refractivity contribution is -0.146. The lowest BCUT2D eigenvalue weighted by Crippen LogP contribution is -2.47. The maximum Gasteiger partial charge on any atom is 0.408 e. The lowest BCUT2D eigenvalue weighted by atomic mass is 9.87. The van der Waals surface area contributed by atoms with Crippen LogP contribution in [0.5, 0.6) is 0 Å². The average Bonchev–Trinajstić information content (AvgIpc) is 2.63. The van der Waals surface area contributed by atoms with Crippen molar-refractivity contribution < 1.29 is 19.1 Å². The number of benzene rings is 2. The van der Waals surface area contributed by atoms with Crippen LogP contribution in [0.25, 0.3) is 10.8 Å². The third-order valence-electron chi connectivity index (χ3n) is 4.24. The first-order chi connectivity index (χ1) is 13.2. The smallest absolute Gasteiger partial charge is 0.408 e. The Kier molecular flexibility index (Phi) is 7.21. The molecule has 2 aromatic carbocycles. The first-order valence-corrected chi connectivity index (χ1v) is 9.51. The molecule has 2 rings (SSSR count). The van der Waals surface area contributed by atoms with E-state index in [4.69, 9.17) is 9.47 Å². The number of rotatable bonds is 7. The van der Waals surface area contributed by atoms with Crippen molar-refractivity contribution in [3.8, 4) is 0 Å². The second kappa shape index (κ2) is 9.40. The first kappa shape index (κ1) is 21.5. The van der Waals surface area contributed by atoms with Gasteiger partial charge in [-0.15, -0.1) is 6.58 Å². The third-order valence-corrected chi connectivity index (χ3v) is 4.24. The van der Waals surface area contributed by atoms with Gasteiger partial charge in [0, 0.05) is 5.92 Å². The van der Waals surface area contributed by atoms with Crippen molar-refractivity contribution in [3.63, 3.8) is 0 Å². The maximum atomic E-state index is 12.7. The van der Waals surface area contributed by atoms with E-state index in [-0.39, 0.29) is 12.5 Å². The Morgan fingerprint density at radius 2 is 1.82 bits per heavy atom. The van der Waals surface area contributed by atoms with Gasteiger partial charge in [0.15, 0.2) is 0 Å². The van der Waals surface area contributed by atoms with Crippen molar-refractivity contribution in [3.05, 3.63) is 60.7 Å². The number of ether oxygens (including phenoxy) is 2. The van der Waals surface area contributed by atoms with E-state index in [1.807, 2.05) is 42.5 Å². The van der Waals surface area contributed by atoms with Crippen molar-refractivity contribution in [1.29, 1.82) is 0 Å². The number of carbonyl (C=O) groups is 2. The van der Waals surface area contributed by atoms with Crippen LogP contribution in [0.2, 0.25) is 0 Å². The van der Waals surface area contributed by atoms with Crippen LogP contribution < -0.4 is 5.32 Å². The van der Waals surface area contributed by atoms with Crippen LogP contribution in [0.1, 0.15) is 45.6 Å². The number of allylic oxidation sites excluding steroid dienone is 1. The summed E-state index contributed by atoms with van der Waals surface area (Å²) >= 11 is 0. The van der Waals surface area contributed by atoms with Gasteiger partial charge in [-0.05, 0) is 50.5 Å². The lowest BCUT2D eigenvalue weighted by Gasteiger charge is -2.28. The highest BCUT2D eigenvalue weighted by Crippen LogP contribution is 2.28. The quantitative estimate of drug-likeness (QED) is 0.542. The minimum absolute atomic E-state index is 0.226. The topological polar surface area (TPSA) is 64.6 Å². The highest BCUT2D eigenvalue weighted by Gasteiger charge is 2.33.